The van der Waals surface area contributed by atoms with Gasteiger partial charge in [0.2, 0.25) is 5.78 Å². The first-order valence-electron chi connectivity index (χ1n) is 12.1. The van der Waals surface area contributed by atoms with E-state index in [1.807, 2.05) is 44.8 Å². The summed E-state index contributed by atoms with van der Waals surface area (Å²) >= 11 is 1.21. The molecule has 2 amide bonds. The number of nitrogens with zero attached hydrogens (tertiary/aromatic N) is 4. The van der Waals surface area contributed by atoms with Gasteiger partial charge in [0.15, 0.2) is 5.13 Å². The SMILES string of the molecule is CCCC[C@H](NC(=O)O[C@H](CN1CCC(c2cccnc2)=N1)C(C)(C)C)C(=O)C(=O)Nc1nccs1. The predicted molar refractivity (Wildman–Crippen MR) is 139 cm³/mol. The number of alkyl carbamates (subject to hydrolysis) is 1. The van der Waals surface area contributed by atoms with E-state index in [1.165, 1.54) is 17.5 Å². The Kier molecular flexibility index (Phi) is 9.51. The van der Waals surface area contributed by atoms with Gasteiger partial charge in [0.25, 0.3) is 5.91 Å². The Bertz CT molecular complexity index is 1050. The van der Waals surface area contributed by atoms with Crippen LogP contribution in [0.5, 0.6) is 0 Å². The number of aromatic nitrogens is 2. The standard InChI is InChI=1S/C25H34N6O4S/c1-5-6-9-19(21(32)22(33)29-23-27-12-14-36-23)28-24(34)35-20(25(2,3)4)16-31-13-10-18(30-31)17-8-7-11-26-15-17/h7-8,11-12,14-15,19-20H,5-6,9-10,13,16H2,1-4H3,(H,28,34)(H,27,29,33)/t19-,20+/m0/s1. The van der Waals surface area contributed by atoms with E-state index in [-0.39, 0.29) is 5.41 Å². The number of anilines is 1. The molecule has 2 aromatic rings. The van der Waals surface area contributed by atoms with E-state index in [0.717, 1.165) is 24.1 Å². The number of hydrazone groups is 1. The van der Waals surface area contributed by atoms with Gasteiger partial charge in [0, 0.05) is 47.9 Å². The number of Topliss-reactive ketones (excluding diaryl/α,β-unsaturated/α-hetero) is 1. The van der Waals surface area contributed by atoms with Crippen molar-refractivity contribution in [2.24, 2.45) is 10.5 Å². The number of hydrogen-bond donors (Lipinski definition) is 2. The Morgan fingerprint density at radius 3 is 2.69 bits per heavy atom. The Morgan fingerprint density at radius 1 is 1.25 bits per heavy atom. The van der Waals surface area contributed by atoms with Crippen molar-refractivity contribution in [3.63, 3.8) is 0 Å². The van der Waals surface area contributed by atoms with Crippen LogP contribution in [0.3, 0.4) is 0 Å². The lowest BCUT2D eigenvalue weighted by Crippen LogP contribution is -2.49. The average Bonchev–Trinajstić information content (AvgIpc) is 3.53. The highest BCUT2D eigenvalue weighted by atomic mass is 32.1. The molecular formula is C25H34N6O4S. The fraction of sp³-hybridized carbons (Fsp3) is 0.520. The van der Waals surface area contributed by atoms with Crippen molar-refractivity contribution in [1.29, 1.82) is 0 Å². The largest absolute Gasteiger partial charge is 0.444 e. The minimum Gasteiger partial charge on any atom is -0.444 e. The number of carbonyl (C=O) groups is 3. The molecular weight excluding hydrogens is 480 g/mol. The Hall–Kier alpha value is -3.34. The second-order valence-corrected chi connectivity index (χ2v) is 10.6. The van der Waals surface area contributed by atoms with Crippen LogP contribution in [0.2, 0.25) is 0 Å². The maximum Gasteiger partial charge on any atom is 0.408 e. The van der Waals surface area contributed by atoms with Gasteiger partial charge in [-0.15, -0.1) is 11.3 Å². The normalized spacial score (nSPS) is 15.1. The first-order valence-corrected chi connectivity index (χ1v) is 13.0. The number of hydrogen-bond acceptors (Lipinski definition) is 9. The lowest BCUT2D eigenvalue weighted by atomic mass is 9.89. The van der Waals surface area contributed by atoms with E-state index in [0.29, 0.717) is 31.1 Å². The summed E-state index contributed by atoms with van der Waals surface area (Å²) in [6.07, 6.45) is 6.40. The molecule has 2 aromatic heterocycles. The van der Waals surface area contributed by atoms with E-state index in [1.54, 1.807) is 17.8 Å². The van der Waals surface area contributed by atoms with Crippen molar-refractivity contribution in [2.75, 3.05) is 18.4 Å². The van der Waals surface area contributed by atoms with Crippen molar-refractivity contribution < 1.29 is 19.1 Å². The van der Waals surface area contributed by atoms with Crippen LogP contribution in [0.1, 0.15) is 58.9 Å². The molecule has 0 aliphatic carbocycles. The van der Waals surface area contributed by atoms with Gasteiger partial charge >= 0.3 is 6.09 Å². The molecule has 3 rings (SSSR count). The summed E-state index contributed by atoms with van der Waals surface area (Å²) in [5.41, 5.74) is 1.53. The maximum absolute atomic E-state index is 12.9. The molecule has 0 saturated carbocycles. The van der Waals surface area contributed by atoms with Gasteiger partial charge in [0.1, 0.15) is 12.1 Å². The minimum absolute atomic E-state index is 0.329. The fourth-order valence-corrected chi connectivity index (χ4v) is 4.16. The molecule has 2 atom stereocenters. The Balaban J connectivity index is 1.63. The first-order chi connectivity index (χ1) is 17.2. The molecule has 0 radical (unpaired) electrons. The summed E-state index contributed by atoms with van der Waals surface area (Å²) in [5.74, 6) is -1.54. The second kappa shape index (κ2) is 12.6. The zero-order valence-corrected chi connectivity index (χ0v) is 22.0. The van der Waals surface area contributed by atoms with Crippen LogP contribution >= 0.6 is 11.3 Å². The van der Waals surface area contributed by atoms with Gasteiger partial charge in [-0.05, 0) is 12.5 Å². The summed E-state index contributed by atoms with van der Waals surface area (Å²) < 4.78 is 5.80. The smallest absolute Gasteiger partial charge is 0.408 e. The van der Waals surface area contributed by atoms with Crippen LogP contribution in [0, 0.1) is 5.41 Å². The van der Waals surface area contributed by atoms with Gasteiger partial charge in [-0.3, -0.25) is 24.9 Å². The summed E-state index contributed by atoms with van der Waals surface area (Å²) in [5, 5.41) is 13.7. The van der Waals surface area contributed by atoms with Gasteiger partial charge in [-0.25, -0.2) is 9.78 Å². The highest BCUT2D eigenvalue weighted by molar-refractivity contribution is 7.13. The molecule has 11 heteroatoms. The quantitative estimate of drug-likeness (QED) is 0.436. The average molecular weight is 515 g/mol. The van der Waals surface area contributed by atoms with Crippen molar-refractivity contribution in [3.8, 4) is 0 Å². The molecule has 0 spiro atoms. The molecule has 194 valence electrons. The number of amides is 2. The van der Waals surface area contributed by atoms with Crippen molar-refractivity contribution in [2.45, 2.75) is 65.5 Å². The van der Waals surface area contributed by atoms with Gasteiger partial charge < -0.3 is 10.1 Å². The second-order valence-electron chi connectivity index (χ2n) is 9.71. The zero-order chi connectivity index (χ0) is 26.1. The number of carbonyl (C=O) groups excluding carboxylic acids is 3. The van der Waals surface area contributed by atoms with E-state index in [2.05, 4.69) is 20.6 Å². The molecule has 2 N–H and O–H groups in total. The summed E-state index contributed by atoms with van der Waals surface area (Å²) in [7, 11) is 0. The molecule has 1 aliphatic rings. The topological polar surface area (TPSA) is 126 Å². The van der Waals surface area contributed by atoms with Gasteiger partial charge in [0.05, 0.1) is 12.3 Å². The number of pyridine rings is 1. The third kappa shape index (κ3) is 7.84. The van der Waals surface area contributed by atoms with Crippen molar-refractivity contribution in [1.82, 2.24) is 20.3 Å². The number of nitrogens with one attached hydrogen (secondary N) is 2. The highest BCUT2D eigenvalue weighted by Gasteiger charge is 2.34. The number of ether oxygens (including phenoxy) is 1. The van der Waals surface area contributed by atoms with Crippen LogP contribution in [0.4, 0.5) is 9.93 Å². The van der Waals surface area contributed by atoms with Gasteiger partial charge in [-0.1, -0.05) is 46.6 Å². The van der Waals surface area contributed by atoms with Crippen LogP contribution in [-0.4, -0.2) is 63.7 Å². The molecule has 0 saturated heterocycles. The van der Waals surface area contributed by atoms with E-state index in [4.69, 9.17) is 9.84 Å². The number of unbranched alkanes of at least 4 members (excludes halogenated alkanes) is 1. The minimum atomic E-state index is -0.986. The third-order valence-electron chi connectivity index (χ3n) is 5.79. The fourth-order valence-electron chi connectivity index (χ4n) is 3.64. The van der Waals surface area contributed by atoms with Crippen LogP contribution in [0.25, 0.3) is 0 Å². The molecule has 1 aliphatic heterocycles. The van der Waals surface area contributed by atoms with Crippen LogP contribution in [-0.2, 0) is 14.3 Å². The predicted octanol–water partition coefficient (Wildman–Crippen LogP) is 3.86. The zero-order valence-electron chi connectivity index (χ0n) is 21.2. The molecule has 0 aromatic carbocycles. The molecule has 10 nitrogen and oxygen atoms in total. The van der Waals surface area contributed by atoms with Crippen LogP contribution in [0.15, 0.2) is 41.2 Å². The van der Waals surface area contributed by atoms with Crippen molar-refractivity contribution in [3.05, 3.63) is 41.7 Å². The third-order valence-corrected chi connectivity index (χ3v) is 6.48. The van der Waals surface area contributed by atoms with Crippen LogP contribution < -0.4 is 10.6 Å². The lowest BCUT2D eigenvalue weighted by Gasteiger charge is -2.33. The van der Waals surface area contributed by atoms with E-state index in [9.17, 15) is 14.4 Å². The Morgan fingerprint density at radius 2 is 2.06 bits per heavy atom. The highest BCUT2D eigenvalue weighted by Crippen LogP contribution is 2.25. The Labute approximate surface area is 215 Å². The summed E-state index contributed by atoms with van der Waals surface area (Å²) in [6.45, 7) is 9.02. The van der Waals surface area contributed by atoms with E-state index < -0.39 is 29.9 Å². The van der Waals surface area contributed by atoms with E-state index >= 15 is 0 Å². The maximum atomic E-state index is 12.9. The van der Waals surface area contributed by atoms with Gasteiger partial charge in [-0.2, -0.15) is 5.10 Å². The molecule has 0 fully saturated rings. The summed E-state index contributed by atoms with van der Waals surface area (Å²) in [6, 6.07) is 2.86. The molecule has 36 heavy (non-hydrogen) atoms. The number of rotatable bonds is 11. The summed E-state index contributed by atoms with van der Waals surface area (Å²) in [4.78, 5) is 46.3. The molecule has 3 heterocycles. The number of thiazole rings is 1. The lowest BCUT2D eigenvalue weighted by molar-refractivity contribution is -0.136. The molecule has 0 unspecified atom stereocenters. The van der Waals surface area contributed by atoms with Crippen molar-refractivity contribution >= 4 is 40.0 Å². The molecule has 0 bridgehead atoms. The number of ketones is 1. The first kappa shape index (κ1) is 27.3. The monoisotopic (exact) mass is 514 g/mol.